The van der Waals surface area contributed by atoms with E-state index < -0.39 is 16.7 Å². The average molecular weight is 523 g/mol. The van der Waals surface area contributed by atoms with Gasteiger partial charge in [-0.1, -0.05) is 35.0 Å². The molecule has 0 spiro atoms. The van der Waals surface area contributed by atoms with E-state index in [9.17, 15) is 18.4 Å². The summed E-state index contributed by atoms with van der Waals surface area (Å²) in [4.78, 5) is 31.2. The first-order valence-electron chi connectivity index (χ1n) is 9.23. The number of ether oxygens (including phenoxy) is 1. The number of carbonyl (C=O) groups excluding carboxylic acids is 2. The summed E-state index contributed by atoms with van der Waals surface area (Å²) >= 11 is 17.7. The molecule has 0 bridgehead atoms. The van der Waals surface area contributed by atoms with E-state index in [2.05, 4.69) is 15.0 Å². The number of rotatable bonds is 6. The number of benzene rings is 2. The van der Waals surface area contributed by atoms with Crippen LogP contribution in [0.3, 0.4) is 0 Å². The molecule has 0 radical (unpaired) electrons. The fourth-order valence-corrected chi connectivity index (χ4v) is 4.33. The molecule has 0 saturated carbocycles. The van der Waals surface area contributed by atoms with Gasteiger partial charge in [0, 0.05) is 30.3 Å². The van der Waals surface area contributed by atoms with E-state index in [1.807, 2.05) is 0 Å². The van der Waals surface area contributed by atoms with E-state index in [0.29, 0.717) is 28.1 Å². The van der Waals surface area contributed by atoms with Gasteiger partial charge in [0.05, 0.1) is 15.7 Å². The molecule has 3 rings (SSSR count). The van der Waals surface area contributed by atoms with Gasteiger partial charge >= 0.3 is 5.57 Å². The molecule has 1 aliphatic heterocycles. The largest absolute Gasteiger partial charge is 0.487 e. The number of nitrogens with zero attached hydrogens (tertiary/aromatic N) is 2. The Hall–Kier alpha value is -2.07. The zero-order chi connectivity index (χ0) is 23.5. The molecule has 1 fully saturated rings. The molecule has 1 N–H and O–H groups in total. The van der Waals surface area contributed by atoms with E-state index in [4.69, 9.17) is 34.8 Å². The van der Waals surface area contributed by atoms with Crippen molar-refractivity contribution in [3.8, 4) is 5.75 Å². The van der Waals surface area contributed by atoms with Gasteiger partial charge in [-0.15, -0.1) is 8.78 Å². The highest BCUT2D eigenvalue weighted by molar-refractivity contribution is 8.15. The third-order valence-electron chi connectivity index (χ3n) is 4.23. The summed E-state index contributed by atoms with van der Waals surface area (Å²) < 4.78 is 29.8. The summed E-state index contributed by atoms with van der Waals surface area (Å²) in [5, 5.41) is 2.95. The van der Waals surface area contributed by atoms with Crippen molar-refractivity contribution in [1.82, 2.24) is 4.90 Å². The minimum absolute atomic E-state index is 0.0116. The van der Waals surface area contributed by atoms with Crippen LogP contribution in [0.1, 0.15) is 13.3 Å². The molecule has 12 heteroatoms. The molecule has 170 valence electrons. The molecule has 32 heavy (non-hydrogen) atoms. The van der Waals surface area contributed by atoms with E-state index in [-0.39, 0.29) is 23.1 Å². The minimum atomic E-state index is -3.83. The molecular formula is C20H16Cl3F2N3O3S. The van der Waals surface area contributed by atoms with Crippen molar-refractivity contribution in [3.63, 3.8) is 0 Å². The standard InChI is InChI=1S/C20H16Cl3F2N3O3S/c1-2-28-17(29)10-16(18(30)26-12-5-8-14(21)15(22)9-12)32-19(28)27-11-3-6-13(7-4-11)31-20(23,24)25/h3-9,16H,2,10H2,1H3,(H,26,30)/t16-/m1/s1. The lowest BCUT2D eigenvalue weighted by Crippen LogP contribution is -2.45. The molecule has 2 aromatic carbocycles. The Bertz CT molecular complexity index is 1050. The van der Waals surface area contributed by atoms with Crippen molar-refractivity contribution in [2.75, 3.05) is 11.9 Å². The van der Waals surface area contributed by atoms with Crippen molar-refractivity contribution in [2.45, 2.75) is 24.2 Å². The van der Waals surface area contributed by atoms with Crippen molar-refractivity contribution in [1.29, 1.82) is 0 Å². The molecule has 0 aliphatic carbocycles. The molecule has 1 aliphatic rings. The Morgan fingerprint density at radius 3 is 2.53 bits per heavy atom. The first-order chi connectivity index (χ1) is 15.1. The number of aliphatic imine (C=N–C) groups is 1. The molecule has 1 saturated heterocycles. The number of anilines is 1. The van der Waals surface area contributed by atoms with Crippen LogP contribution in [0.2, 0.25) is 10.0 Å². The van der Waals surface area contributed by atoms with Crippen molar-refractivity contribution in [3.05, 3.63) is 52.5 Å². The normalized spacial score (nSPS) is 18.1. The monoisotopic (exact) mass is 521 g/mol. The first kappa shape index (κ1) is 24.6. The Labute approximate surface area is 201 Å². The number of carbonyl (C=O) groups is 2. The predicted octanol–water partition coefficient (Wildman–Crippen LogP) is 6.14. The number of hydrogen-bond acceptors (Lipinski definition) is 5. The maximum Gasteiger partial charge on any atom is 0.487 e. The Kier molecular flexibility index (Phi) is 7.87. The fraction of sp³-hybridized carbons (Fsp3) is 0.250. The second-order valence-electron chi connectivity index (χ2n) is 6.50. The lowest BCUT2D eigenvalue weighted by atomic mass is 10.2. The predicted molar refractivity (Wildman–Crippen MR) is 123 cm³/mol. The van der Waals surface area contributed by atoms with Crippen LogP contribution in [0.4, 0.5) is 20.2 Å². The summed E-state index contributed by atoms with van der Waals surface area (Å²) in [5.41, 5.74) is -3.00. The zero-order valence-electron chi connectivity index (χ0n) is 16.5. The minimum Gasteiger partial charge on any atom is -0.420 e. The highest BCUT2D eigenvalue weighted by Crippen LogP contribution is 2.32. The van der Waals surface area contributed by atoms with Gasteiger partial charge in [0.1, 0.15) is 11.0 Å². The summed E-state index contributed by atoms with van der Waals surface area (Å²) in [6, 6.07) is 10.1. The van der Waals surface area contributed by atoms with E-state index in [1.54, 1.807) is 19.1 Å². The first-order valence-corrected chi connectivity index (χ1v) is 11.2. The smallest absolute Gasteiger partial charge is 0.420 e. The molecular weight excluding hydrogens is 507 g/mol. The number of amides is 2. The van der Waals surface area contributed by atoms with Gasteiger partial charge in [-0.3, -0.25) is 14.5 Å². The van der Waals surface area contributed by atoms with E-state index in [1.165, 1.54) is 35.2 Å². The molecule has 2 amide bonds. The van der Waals surface area contributed by atoms with Gasteiger partial charge in [0.2, 0.25) is 11.8 Å². The van der Waals surface area contributed by atoms with Crippen LogP contribution < -0.4 is 10.1 Å². The van der Waals surface area contributed by atoms with Crippen molar-refractivity contribution in [2.24, 2.45) is 4.99 Å². The SMILES string of the molecule is CCN1C(=O)C[C@H](C(=O)Nc2ccc(Cl)c(Cl)c2)SC1=Nc1ccc(OC(F)(F)Cl)cc1. The third-order valence-corrected chi connectivity index (χ3v) is 6.23. The average Bonchev–Trinajstić information content (AvgIpc) is 2.71. The zero-order valence-corrected chi connectivity index (χ0v) is 19.5. The summed E-state index contributed by atoms with van der Waals surface area (Å²) in [6.07, 6.45) is -0.0116. The van der Waals surface area contributed by atoms with Crippen LogP contribution in [0, 0.1) is 0 Å². The van der Waals surface area contributed by atoms with Gasteiger partial charge in [0.25, 0.3) is 0 Å². The van der Waals surface area contributed by atoms with Crippen LogP contribution >= 0.6 is 46.6 Å². The summed E-state index contributed by atoms with van der Waals surface area (Å²) in [5.74, 6) is -0.799. The molecule has 1 heterocycles. The second kappa shape index (κ2) is 10.2. The highest BCUT2D eigenvalue weighted by Gasteiger charge is 2.35. The van der Waals surface area contributed by atoms with Gasteiger partial charge in [-0.25, -0.2) is 4.99 Å². The Morgan fingerprint density at radius 1 is 1.25 bits per heavy atom. The molecule has 1 atom stereocenters. The van der Waals surface area contributed by atoms with Crippen LogP contribution in [0.25, 0.3) is 0 Å². The van der Waals surface area contributed by atoms with Gasteiger partial charge in [0.15, 0.2) is 5.17 Å². The fourth-order valence-electron chi connectivity index (χ4n) is 2.78. The van der Waals surface area contributed by atoms with Crippen LogP contribution in [-0.4, -0.2) is 39.2 Å². The molecule has 0 aromatic heterocycles. The van der Waals surface area contributed by atoms with Gasteiger partial charge in [-0.05, 0) is 49.4 Å². The Morgan fingerprint density at radius 2 is 1.94 bits per heavy atom. The number of hydrogen-bond donors (Lipinski definition) is 1. The van der Waals surface area contributed by atoms with Crippen LogP contribution in [0.5, 0.6) is 5.75 Å². The maximum absolute atomic E-state index is 12.8. The summed E-state index contributed by atoms with van der Waals surface area (Å²) in [6.45, 7) is 2.13. The number of thioether (sulfide) groups is 1. The third kappa shape index (κ3) is 6.48. The Balaban J connectivity index is 1.77. The van der Waals surface area contributed by atoms with Gasteiger partial charge in [-0.2, -0.15) is 0 Å². The van der Waals surface area contributed by atoms with E-state index >= 15 is 0 Å². The lowest BCUT2D eigenvalue weighted by Gasteiger charge is -2.31. The summed E-state index contributed by atoms with van der Waals surface area (Å²) in [7, 11) is 0. The molecule has 2 aromatic rings. The van der Waals surface area contributed by atoms with Crippen LogP contribution in [-0.2, 0) is 9.59 Å². The van der Waals surface area contributed by atoms with Crippen molar-refractivity contribution >= 4 is 74.9 Å². The van der Waals surface area contributed by atoms with Crippen LogP contribution in [0.15, 0.2) is 47.5 Å². The molecule has 0 unspecified atom stereocenters. The van der Waals surface area contributed by atoms with E-state index in [0.717, 1.165) is 11.8 Å². The lowest BCUT2D eigenvalue weighted by molar-refractivity contribution is -0.129. The van der Waals surface area contributed by atoms with Crippen molar-refractivity contribution < 1.29 is 23.1 Å². The highest BCUT2D eigenvalue weighted by atomic mass is 35.5. The number of nitrogens with one attached hydrogen (secondary N) is 1. The van der Waals surface area contributed by atoms with Gasteiger partial charge < -0.3 is 10.1 Å². The second-order valence-corrected chi connectivity index (χ2v) is 8.93. The number of alkyl halides is 3. The quantitative estimate of drug-likeness (QED) is 0.463. The number of halogens is 5. The molecule has 6 nitrogen and oxygen atoms in total. The topological polar surface area (TPSA) is 71.0 Å². The maximum atomic E-state index is 12.8. The number of amidine groups is 1.